The van der Waals surface area contributed by atoms with E-state index in [1.165, 1.54) is 0 Å². The predicted octanol–water partition coefficient (Wildman–Crippen LogP) is 3.99. The molecule has 4 nitrogen and oxygen atoms in total. The number of fused-ring (bicyclic) bond motifs is 2. The fraction of sp³-hybridized carbons (Fsp3) is 0.0526. The number of para-hydroxylation sites is 2. The molecule has 4 rings (SSSR count). The van der Waals surface area contributed by atoms with Gasteiger partial charge in [-0.25, -0.2) is 0 Å². The average molecular weight is 303 g/mol. The zero-order valence-corrected chi connectivity index (χ0v) is 12.4. The molecule has 0 fully saturated rings. The third-order valence-electron chi connectivity index (χ3n) is 4.00. The van der Waals surface area contributed by atoms with Crippen LogP contribution < -0.4 is 0 Å². The van der Waals surface area contributed by atoms with Crippen LogP contribution in [-0.4, -0.2) is 16.1 Å². The summed E-state index contributed by atoms with van der Waals surface area (Å²) in [7, 11) is 1.85. The molecule has 0 bridgehead atoms. The normalized spacial score (nSPS) is 11.2. The molecule has 0 aliphatic rings. The third-order valence-corrected chi connectivity index (χ3v) is 4.00. The van der Waals surface area contributed by atoms with Crippen molar-refractivity contribution in [2.24, 2.45) is 7.05 Å². The molecule has 23 heavy (non-hydrogen) atoms. The molecule has 0 spiro atoms. The standard InChI is InChI=1S/C19H13NO3/c1-20-11-14(13-7-3-4-8-15(13)20)18(21)19(22)17-10-12-6-2-5-9-16(12)23-17/h2-11H,1H3. The van der Waals surface area contributed by atoms with Crippen molar-refractivity contribution in [3.8, 4) is 0 Å². The zero-order chi connectivity index (χ0) is 16.0. The summed E-state index contributed by atoms with van der Waals surface area (Å²) in [6.45, 7) is 0. The number of nitrogens with zero attached hydrogens (tertiary/aromatic N) is 1. The number of ketones is 2. The second kappa shape index (κ2) is 4.95. The third kappa shape index (κ3) is 2.07. The van der Waals surface area contributed by atoms with E-state index in [-0.39, 0.29) is 5.76 Å². The Bertz CT molecular complexity index is 1040. The highest BCUT2D eigenvalue weighted by molar-refractivity contribution is 6.50. The Labute approximate surface area is 131 Å². The van der Waals surface area contributed by atoms with E-state index in [1.807, 2.05) is 54.1 Å². The molecule has 0 aliphatic heterocycles. The van der Waals surface area contributed by atoms with Gasteiger partial charge in [0.05, 0.1) is 5.56 Å². The van der Waals surface area contributed by atoms with Crippen LogP contribution in [0.25, 0.3) is 21.9 Å². The van der Waals surface area contributed by atoms with Crippen LogP contribution in [0.2, 0.25) is 0 Å². The van der Waals surface area contributed by atoms with Gasteiger partial charge >= 0.3 is 0 Å². The summed E-state index contributed by atoms with van der Waals surface area (Å²) in [5, 5.41) is 1.58. The first kappa shape index (κ1) is 13.5. The maximum Gasteiger partial charge on any atom is 0.268 e. The summed E-state index contributed by atoms with van der Waals surface area (Å²) in [5.41, 5.74) is 1.91. The van der Waals surface area contributed by atoms with Gasteiger partial charge in [0.2, 0.25) is 5.78 Å². The maximum atomic E-state index is 12.6. The van der Waals surface area contributed by atoms with Crippen molar-refractivity contribution in [1.82, 2.24) is 4.57 Å². The lowest BCUT2D eigenvalue weighted by molar-refractivity contribution is 0.0803. The minimum absolute atomic E-state index is 0.0733. The van der Waals surface area contributed by atoms with Gasteiger partial charge in [0, 0.05) is 29.5 Å². The largest absolute Gasteiger partial charge is 0.452 e. The molecule has 0 amide bonds. The van der Waals surface area contributed by atoms with Gasteiger partial charge in [-0.3, -0.25) is 9.59 Å². The number of hydrogen-bond donors (Lipinski definition) is 0. The molecular formula is C19H13NO3. The Morgan fingerprint density at radius 1 is 0.957 bits per heavy atom. The van der Waals surface area contributed by atoms with Gasteiger partial charge in [0.15, 0.2) is 5.76 Å². The summed E-state index contributed by atoms with van der Waals surface area (Å²) < 4.78 is 7.36. The van der Waals surface area contributed by atoms with E-state index in [0.29, 0.717) is 11.1 Å². The van der Waals surface area contributed by atoms with Gasteiger partial charge in [-0.2, -0.15) is 0 Å². The monoisotopic (exact) mass is 303 g/mol. The van der Waals surface area contributed by atoms with Crippen LogP contribution in [0.3, 0.4) is 0 Å². The number of aromatic nitrogens is 1. The number of benzene rings is 2. The van der Waals surface area contributed by atoms with Crippen LogP contribution in [0, 0.1) is 0 Å². The molecule has 112 valence electrons. The van der Waals surface area contributed by atoms with Crippen molar-refractivity contribution in [3.63, 3.8) is 0 Å². The summed E-state index contributed by atoms with van der Waals surface area (Å²) in [5.74, 6) is -1.11. The van der Waals surface area contributed by atoms with E-state index in [2.05, 4.69) is 0 Å². The minimum atomic E-state index is -0.627. The van der Waals surface area contributed by atoms with Gasteiger partial charge in [-0.1, -0.05) is 36.4 Å². The lowest BCUT2D eigenvalue weighted by Crippen LogP contribution is -2.13. The first-order valence-corrected chi connectivity index (χ1v) is 7.27. The molecular weight excluding hydrogens is 290 g/mol. The number of hydrogen-bond acceptors (Lipinski definition) is 3. The fourth-order valence-electron chi connectivity index (χ4n) is 2.85. The predicted molar refractivity (Wildman–Crippen MR) is 87.8 cm³/mol. The summed E-state index contributed by atoms with van der Waals surface area (Å²) in [4.78, 5) is 25.1. The number of furan rings is 1. The van der Waals surface area contributed by atoms with E-state index >= 15 is 0 Å². The van der Waals surface area contributed by atoms with E-state index in [1.54, 1.807) is 18.3 Å². The molecule has 4 aromatic rings. The van der Waals surface area contributed by atoms with Crippen molar-refractivity contribution >= 4 is 33.4 Å². The fourth-order valence-corrected chi connectivity index (χ4v) is 2.85. The molecule has 0 atom stereocenters. The van der Waals surface area contributed by atoms with Crippen molar-refractivity contribution in [3.05, 3.63) is 72.1 Å². The lowest BCUT2D eigenvalue weighted by atomic mass is 10.0. The second-order valence-electron chi connectivity index (χ2n) is 5.48. The van der Waals surface area contributed by atoms with Crippen molar-refractivity contribution in [2.45, 2.75) is 0 Å². The molecule has 0 saturated heterocycles. The first-order chi connectivity index (χ1) is 11.1. The highest BCUT2D eigenvalue weighted by Gasteiger charge is 2.25. The SMILES string of the molecule is Cn1cc(C(=O)C(=O)c2cc3ccccc3o2)c2ccccc21. The highest BCUT2D eigenvalue weighted by atomic mass is 16.3. The van der Waals surface area contributed by atoms with Gasteiger partial charge in [0.25, 0.3) is 5.78 Å². The molecule has 2 aromatic heterocycles. The Balaban J connectivity index is 1.79. The number of carbonyl (C=O) groups excluding carboxylic acids is 2. The summed E-state index contributed by atoms with van der Waals surface area (Å²) in [6, 6.07) is 16.4. The Morgan fingerprint density at radius 2 is 1.70 bits per heavy atom. The van der Waals surface area contributed by atoms with Crippen LogP contribution in [0.15, 0.2) is 65.2 Å². The van der Waals surface area contributed by atoms with Crippen LogP contribution in [0.1, 0.15) is 20.9 Å². The van der Waals surface area contributed by atoms with Gasteiger partial charge < -0.3 is 8.98 Å². The molecule has 0 unspecified atom stereocenters. The van der Waals surface area contributed by atoms with Crippen molar-refractivity contribution in [1.29, 1.82) is 0 Å². The molecule has 0 saturated carbocycles. The van der Waals surface area contributed by atoms with E-state index in [0.717, 1.165) is 16.3 Å². The smallest absolute Gasteiger partial charge is 0.268 e. The molecule has 0 aliphatic carbocycles. The molecule has 0 radical (unpaired) electrons. The van der Waals surface area contributed by atoms with Crippen molar-refractivity contribution < 1.29 is 14.0 Å². The molecule has 0 N–H and O–H groups in total. The van der Waals surface area contributed by atoms with E-state index in [4.69, 9.17) is 4.42 Å². The summed E-state index contributed by atoms with van der Waals surface area (Å²) >= 11 is 0. The average Bonchev–Trinajstić information content (AvgIpc) is 3.15. The van der Waals surface area contributed by atoms with E-state index < -0.39 is 11.6 Å². The number of Topliss-reactive ketones (excluding diaryl/α,β-unsaturated/α-hetero) is 2. The Kier molecular flexibility index (Phi) is 2.91. The molecule has 2 heterocycles. The van der Waals surface area contributed by atoms with Gasteiger partial charge in [-0.05, 0) is 18.2 Å². The van der Waals surface area contributed by atoms with Crippen LogP contribution in [-0.2, 0) is 7.05 Å². The lowest BCUT2D eigenvalue weighted by Gasteiger charge is -1.96. The number of aryl methyl sites for hydroxylation is 1. The summed E-state index contributed by atoms with van der Waals surface area (Å²) in [6.07, 6.45) is 1.69. The number of rotatable bonds is 3. The quantitative estimate of drug-likeness (QED) is 0.425. The van der Waals surface area contributed by atoms with Crippen LogP contribution in [0.4, 0.5) is 0 Å². The topological polar surface area (TPSA) is 52.2 Å². The van der Waals surface area contributed by atoms with Gasteiger partial charge in [0.1, 0.15) is 5.58 Å². The number of carbonyl (C=O) groups is 2. The van der Waals surface area contributed by atoms with Crippen LogP contribution in [0.5, 0.6) is 0 Å². The molecule has 4 heteroatoms. The Morgan fingerprint density at radius 3 is 2.52 bits per heavy atom. The maximum absolute atomic E-state index is 12.6. The van der Waals surface area contributed by atoms with Crippen molar-refractivity contribution in [2.75, 3.05) is 0 Å². The zero-order valence-electron chi connectivity index (χ0n) is 12.4. The van der Waals surface area contributed by atoms with Crippen LogP contribution >= 0.6 is 0 Å². The Hall–Kier alpha value is -3.14. The molecule has 2 aromatic carbocycles. The second-order valence-corrected chi connectivity index (χ2v) is 5.48. The highest BCUT2D eigenvalue weighted by Crippen LogP contribution is 2.24. The van der Waals surface area contributed by atoms with Gasteiger partial charge in [-0.15, -0.1) is 0 Å². The first-order valence-electron chi connectivity index (χ1n) is 7.27. The minimum Gasteiger partial charge on any atom is -0.452 e. The van der Waals surface area contributed by atoms with E-state index in [9.17, 15) is 9.59 Å².